The van der Waals surface area contributed by atoms with E-state index in [1.807, 2.05) is 6.92 Å². The van der Waals surface area contributed by atoms with E-state index < -0.39 is 23.5 Å². The lowest BCUT2D eigenvalue weighted by atomic mass is 9.98. The van der Waals surface area contributed by atoms with Crippen LogP contribution in [0.1, 0.15) is 29.8 Å². The molecule has 1 fully saturated rings. The number of anilines is 1. The van der Waals surface area contributed by atoms with Crippen molar-refractivity contribution in [2.45, 2.75) is 19.9 Å². The van der Waals surface area contributed by atoms with Crippen molar-refractivity contribution in [3.8, 4) is 11.5 Å². The first-order chi connectivity index (χ1) is 15.8. The van der Waals surface area contributed by atoms with Crippen LogP contribution >= 0.6 is 11.6 Å². The Morgan fingerprint density at radius 1 is 1.15 bits per heavy atom. The number of phenolic OH excluding ortho intramolecular Hbond substituents is 1. The molecule has 3 aromatic rings. The van der Waals surface area contributed by atoms with Crippen molar-refractivity contribution in [3.05, 3.63) is 88.2 Å². The number of pyridine rings is 1. The molecule has 0 bridgehead atoms. The molecule has 0 spiro atoms. The fourth-order valence-electron chi connectivity index (χ4n) is 3.81. The molecule has 0 aliphatic carbocycles. The van der Waals surface area contributed by atoms with E-state index in [0.717, 1.165) is 10.5 Å². The molecule has 168 valence electrons. The Kier molecular flexibility index (Phi) is 6.07. The first kappa shape index (κ1) is 22.4. The number of ketones is 1. The summed E-state index contributed by atoms with van der Waals surface area (Å²) in [5.74, 6) is -2.00. The molecule has 2 aromatic carbocycles. The maximum atomic E-state index is 13.2. The lowest BCUT2D eigenvalue weighted by Gasteiger charge is -2.25. The quantitative estimate of drug-likeness (QED) is 0.320. The molecule has 1 atom stereocenters. The van der Waals surface area contributed by atoms with Crippen LogP contribution in [-0.2, 0) is 9.59 Å². The summed E-state index contributed by atoms with van der Waals surface area (Å²) in [7, 11) is 0. The summed E-state index contributed by atoms with van der Waals surface area (Å²) < 4.78 is 5.49. The van der Waals surface area contributed by atoms with Gasteiger partial charge in [-0.05, 0) is 61.9 Å². The average molecular weight is 465 g/mol. The number of phenols is 1. The number of benzene rings is 2. The summed E-state index contributed by atoms with van der Waals surface area (Å²) in [5.41, 5.74) is 1.22. The average Bonchev–Trinajstić information content (AvgIpc) is 3.07. The van der Waals surface area contributed by atoms with Gasteiger partial charge in [-0.1, -0.05) is 23.7 Å². The van der Waals surface area contributed by atoms with E-state index in [1.165, 1.54) is 18.3 Å². The highest BCUT2D eigenvalue weighted by atomic mass is 35.5. The second-order valence-corrected chi connectivity index (χ2v) is 7.90. The zero-order chi connectivity index (χ0) is 23.7. The molecule has 1 amide bonds. The van der Waals surface area contributed by atoms with Crippen molar-refractivity contribution in [3.63, 3.8) is 0 Å². The van der Waals surface area contributed by atoms with Gasteiger partial charge in [0.05, 0.1) is 28.6 Å². The second-order valence-electron chi connectivity index (χ2n) is 7.49. The summed E-state index contributed by atoms with van der Waals surface area (Å²) in [4.78, 5) is 31.9. The van der Waals surface area contributed by atoms with Crippen LogP contribution in [0.2, 0.25) is 5.02 Å². The molecule has 1 unspecified atom stereocenters. The Morgan fingerprint density at radius 2 is 1.94 bits per heavy atom. The summed E-state index contributed by atoms with van der Waals surface area (Å²) in [6.07, 6.45) is 1.52. The van der Waals surface area contributed by atoms with Crippen LogP contribution in [0.4, 0.5) is 5.69 Å². The van der Waals surface area contributed by atoms with Crippen LogP contribution < -0.4 is 9.64 Å². The van der Waals surface area contributed by atoms with Gasteiger partial charge in [-0.25, -0.2) is 0 Å². The lowest BCUT2D eigenvalue weighted by Crippen LogP contribution is -2.30. The van der Waals surface area contributed by atoms with Gasteiger partial charge in [0.15, 0.2) is 0 Å². The van der Waals surface area contributed by atoms with Gasteiger partial charge < -0.3 is 14.9 Å². The molecule has 8 heteroatoms. The maximum absolute atomic E-state index is 13.2. The Balaban J connectivity index is 1.98. The minimum Gasteiger partial charge on any atom is -0.507 e. The zero-order valence-electron chi connectivity index (χ0n) is 17.9. The highest BCUT2D eigenvalue weighted by molar-refractivity contribution is 6.52. The van der Waals surface area contributed by atoms with Crippen molar-refractivity contribution in [1.82, 2.24) is 4.98 Å². The molecule has 1 saturated heterocycles. The largest absolute Gasteiger partial charge is 0.507 e. The number of amides is 1. The molecule has 1 aliphatic heterocycles. The van der Waals surface area contributed by atoms with Gasteiger partial charge in [-0.15, -0.1) is 0 Å². The van der Waals surface area contributed by atoms with E-state index in [1.54, 1.807) is 49.4 Å². The number of aliphatic hydroxyl groups is 1. The first-order valence-electron chi connectivity index (χ1n) is 10.3. The van der Waals surface area contributed by atoms with Crippen LogP contribution in [0.5, 0.6) is 11.5 Å². The molecular weight excluding hydrogens is 444 g/mol. The summed E-state index contributed by atoms with van der Waals surface area (Å²) in [6.45, 7) is 4.01. The molecule has 7 nitrogen and oxygen atoms in total. The summed E-state index contributed by atoms with van der Waals surface area (Å²) >= 11 is 6.33. The van der Waals surface area contributed by atoms with Gasteiger partial charge >= 0.3 is 0 Å². The molecule has 4 rings (SSSR count). The number of carbonyl (C=O) groups is 2. The number of rotatable bonds is 5. The third-order valence-electron chi connectivity index (χ3n) is 5.31. The van der Waals surface area contributed by atoms with Crippen LogP contribution in [0.3, 0.4) is 0 Å². The third kappa shape index (κ3) is 4.03. The van der Waals surface area contributed by atoms with Gasteiger partial charge in [0, 0.05) is 11.8 Å². The minimum absolute atomic E-state index is 0.140. The third-order valence-corrected chi connectivity index (χ3v) is 5.64. The number of aryl methyl sites for hydroxylation is 1. The number of aromatic hydroxyl groups is 1. The minimum atomic E-state index is -1.08. The van der Waals surface area contributed by atoms with Gasteiger partial charge in [-0.2, -0.15) is 0 Å². The van der Waals surface area contributed by atoms with Crippen LogP contribution in [0.25, 0.3) is 5.76 Å². The number of Topliss-reactive ketones (excluding diaryl/α,β-unsaturated/α-hetero) is 1. The van der Waals surface area contributed by atoms with Gasteiger partial charge in [-0.3, -0.25) is 19.5 Å². The Labute approximate surface area is 195 Å². The molecule has 33 heavy (non-hydrogen) atoms. The molecule has 1 aromatic heterocycles. The predicted octanol–water partition coefficient (Wildman–Crippen LogP) is 4.77. The SMILES string of the molecule is CCOc1ccc(Cl)c(/C(O)=C2\C(=O)C(=O)N(c3cc(C)ccc3O)C2c2ccccn2)c1. The Bertz CT molecular complexity index is 1270. The van der Waals surface area contributed by atoms with E-state index in [0.29, 0.717) is 18.1 Å². The van der Waals surface area contributed by atoms with Crippen LogP contribution in [0, 0.1) is 6.92 Å². The van der Waals surface area contributed by atoms with E-state index in [9.17, 15) is 19.8 Å². The number of carbonyl (C=O) groups excluding carboxylic acids is 2. The standard InChI is InChI=1S/C25H21ClN2O5/c1-3-33-15-8-9-17(26)16(13-15)23(30)21-22(18-6-4-5-11-27-18)28(25(32)24(21)31)19-12-14(2)7-10-20(19)29/h4-13,22,29-30H,3H2,1-2H3/b23-21+. The van der Waals surface area contributed by atoms with Gasteiger partial charge in [0.1, 0.15) is 23.3 Å². The number of nitrogens with zero attached hydrogens (tertiary/aromatic N) is 2. The van der Waals surface area contributed by atoms with Crippen LogP contribution in [0.15, 0.2) is 66.4 Å². The monoisotopic (exact) mass is 464 g/mol. The summed E-state index contributed by atoms with van der Waals surface area (Å²) in [5, 5.41) is 21.9. The molecule has 2 N–H and O–H groups in total. The number of ether oxygens (including phenoxy) is 1. The van der Waals surface area contributed by atoms with Gasteiger partial charge in [0.25, 0.3) is 11.7 Å². The number of hydrogen-bond acceptors (Lipinski definition) is 6. The second kappa shape index (κ2) is 8.96. The van der Waals surface area contributed by atoms with E-state index in [4.69, 9.17) is 16.3 Å². The van der Waals surface area contributed by atoms with E-state index >= 15 is 0 Å². The van der Waals surface area contributed by atoms with E-state index in [-0.39, 0.29) is 27.6 Å². The van der Waals surface area contributed by atoms with Crippen molar-refractivity contribution < 1.29 is 24.5 Å². The molecule has 1 aliphatic rings. The van der Waals surface area contributed by atoms with Crippen molar-refractivity contribution >= 4 is 34.7 Å². The number of aliphatic hydroxyl groups excluding tert-OH is 1. The Morgan fingerprint density at radius 3 is 2.64 bits per heavy atom. The first-order valence-corrected chi connectivity index (χ1v) is 10.7. The molecule has 0 radical (unpaired) electrons. The van der Waals surface area contributed by atoms with Crippen molar-refractivity contribution in [1.29, 1.82) is 0 Å². The number of hydrogen-bond donors (Lipinski definition) is 2. The number of halogens is 1. The maximum Gasteiger partial charge on any atom is 0.300 e. The van der Waals surface area contributed by atoms with Gasteiger partial charge in [0.2, 0.25) is 0 Å². The van der Waals surface area contributed by atoms with Crippen molar-refractivity contribution in [2.75, 3.05) is 11.5 Å². The molecular formula is C25H21ClN2O5. The highest BCUT2D eigenvalue weighted by Gasteiger charge is 2.48. The molecule has 2 heterocycles. The highest BCUT2D eigenvalue weighted by Crippen LogP contribution is 2.45. The zero-order valence-corrected chi connectivity index (χ0v) is 18.7. The van der Waals surface area contributed by atoms with Crippen LogP contribution in [-0.4, -0.2) is 33.5 Å². The Hall–Kier alpha value is -3.84. The smallest absolute Gasteiger partial charge is 0.300 e. The lowest BCUT2D eigenvalue weighted by molar-refractivity contribution is -0.132. The fraction of sp³-hybridized carbons (Fsp3) is 0.160. The summed E-state index contributed by atoms with van der Waals surface area (Å²) in [6, 6.07) is 13.4. The fourth-order valence-corrected chi connectivity index (χ4v) is 4.02. The topological polar surface area (TPSA) is 100.0 Å². The molecule has 0 saturated carbocycles. The van der Waals surface area contributed by atoms with Crippen molar-refractivity contribution in [2.24, 2.45) is 0 Å². The predicted molar refractivity (Wildman–Crippen MR) is 124 cm³/mol. The normalized spacial score (nSPS) is 17.4. The number of aromatic nitrogens is 1. The van der Waals surface area contributed by atoms with E-state index in [2.05, 4.69) is 4.98 Å².